The monoisotopic (exact) mass is 504 g/mol. The van der Waals surface area contributed by atoms with Crippen LogP contribution in [0.4, 0.5) is 0 Å². The number of carboxylic acids is 1. The number of hydrogen-bond acceptors (Lipinski definition) is 5. The normalized spacial score (nSPS) is 13.6. The highest BCUT2D eigenvalue weighted by Crippen LogP contribution is 2.38. The van der Waals surface area contributed by atoms with Crippen molar-refractivity contribution in [3.8, 4) is 0 Å². The predicted molar refractivity (Wildman–Crippen MR) is 144 cm³/mol. The van der Waals surface area contributed by atoms with Crippen LogP contribution in [0.5, 0.6) is 0 Å². The maximum absolute atomic E-state index is 12.4. The van der Waals surface area contributed by atoms with Crippen molar-refractivity contribution in [2.24, 2.45) is 0 Å². The van der Waals surface area contributed by atoms with E-state index >= 15 is 0 Å². The van der Waals surface area contributed by atoms with Crippen LogP contribution in [0.2, 0.25) is 0 Å². The van der Waals surface area contributed by atoms with Crippen molar-refractivity contribution < 1.29 is 29.0 Å². The minimum absolute atomic E-state index is 0.295. The van der Waals surface area contributed by atoms with E-state index in [2.05, 4.69) is 12.2 Å². The van der Waals surface area contributed by atoms with E-state index in [1.807, 2.05) is 6.92 Å². The van der Waals surface area contributed by atoms with E-state index in [0.29, 0.717) is 37.0 Å². The van der Waals surface area contributed by atoms with Crippen LogP contribution in [0.1, 0.15) is 123 Å². The zero-order valence-electron chi connectivity index (χ0n) is 22.9. The Kier molecular flexibility index (Phi) is 17.4. The molecule has 0 aliphatic heterocycles. The first-order valence-corrected chi connectivity index (χ1v) is 14.0. The maximum atomic E-state index is 12.4. The van der Waals surface area contributed by atoms with E-state index in [9.17, 15) is 14.4 Å². The molecule has 0 aromatic carbocycles. The summed E-state index contributed by atoms with van der Waals surface area (Å²) in [6, 6.07) is 0. The number of rotatable bonds is 21. The molecule has 1 rings (SSSR count). The molecule has 0 unspecified atom stereocenters. The van der Waals surface area contributed by atoms with Crippen molar-refractivity contribution in [3.63, 3.8) is 0 Å². The molecule has 6 nitrogen and oxygen atoms in total. The van der Waals surface area contributed by atoms with Crippen molar-refractivity contribution >= 4 is 17.9 Å². The molecule has 0 spiro atoms. The van der Waals surface area contributed by atoms with E-state index in [-0.39, 0.29) is 11.9 Å². The quantitative estimate of drug-likeness (QED) is 0.0982. The Labute approximate surface area is 218 Å². The van der Waals surface area contributed by atoms with Gasteiger partial charge in [-0.2, -0.15) is 0 Å². The van der Waals surface area contributed by atoms with Crippen LogP contribution < -0.4 is 0 Å². The number of methoxy groups -OCH3 is 1. The Morgan fingerprint density at radius 3 is 1.89 bits per heavy atom. The summed E-state index contributed by atoms with van der Waals surface area (Å²) in [7, 11) is 1.39. The van der Waals surface area contributed by atoms with Gasteiger partial charge in [-0.3, -0.25) is 4.79 Å². The van der Waals surface area contributed by atoms with Gasteiger partial charge in [-0.25, -0.2) is 9.59 Å². The first-order chi connectivity index (χ1) is 17.5. The second-order valence-electron chi connectivity index (χ2n) is 9.51. The minimum atomic E-state index is -0.692. The average Bonchev–Trinajstić information content (AvgIpc) is 3.24. The Balaban J connectivity index is 2.18. The number of carboxylic acid groups (broad SMARTS) is 1. The lowest BCUT2D eigenvalue weighted by atomic mass is 9.99. The van der Waals surface area contributed by atoms with E-state index in [1.165, 1.54) is 45.6 Å². The SMILES string of the molecule is CCOC(=O)C1=C(CC)C(C(=O)OC)=C(CCCCCCCC/C=C\CCCCCCCC(=O)O)C1. The first kappa shape index (κ1) is 31.7. The summed E-state index contributed by atoms with van der Waals surface area (Å²) in [6.07, 6.45) is 21.4. The number of carbonyl (C=O) groups is 3. The lowest BCUT2D eigenvalue weighted by molar-refractivity contribution is -0.139. The lowest BCUT2D eigenvalue weighted by Crippen LogP contribution is -2.10. The van der Waals surface area contributed by atoms with Gasteiger partial charge in [0, 0.05) is 18.4 Å². The molecule has 0 fully saturated rings. The molecule has 0 saturated heterocycles. The number of hydrogen-bond donors (Lipinski definition) is 1. The van der Waals surface area contributed by atoms with Crippen LogP contribution in [0.3, 0.4) is 0 Å². The molecule has 1 aliphatic rings. The van der Waals surface area contributed by atoms with Crippen molar-refractivity contribution in [2.45, 2.75) is 123 Å². The third kappa shape index (κ3) is 12.5. The van der Waals surface area contributed by atoms with Gasteiger partial charge in [0.1, 0.15) is 0 Å². The minimum Gasteiger partial charge on any atom is -0.481 e. The van der Waals surface area contributed by atoms with Crippen LogP contribution >= 0.6 is 0 Å². The maximum Gasteiger partial charge on any atom is 0.338 e. The van der Waals surface area contributed by atoms with Crippen LogP contribution in [0.25, 0.3) is 0 Å². The summed E-state index contributed by atoms with van der Waals surface area (Å²) in [5.41, 5.74) is 3.04. The fourth-order valence-corrected chi connectivity index (χ4v) is 4.77. The number of esters is 2. The fourth-order valence-electron chi connectivity index (χ4n) is 4.77. The number of aliphatic carboxylic acids is 1. The third-order valence-electron chi connectivity index (χ3n) is 6.70. The highest BCUT2D eigenvalue weighted by molar-refractivity contribution is 6.02. The number of unbranched alkanes of at least 4 members (excludes halogenated alkanes) is 11. The molecule has 0 aromatic rings. The van der Waals surface area contributed by atoms with Crippen LogP contribution in [0, 0.1) is 0 Å². The molecule has 0 bridgehead atoms. The first-order valence-electron chi connectivity index (χ1n) is 14.0. The van der Waals surface area contributed by atoms with Gasteiger partial charge in [-0.05, 0) is 63.9 Å². The van der Waals surface area contributed by atoms with Crippen LogP contribution in [-0.4, -0.2) is 36.7 Å². The van der Waals surface area contributed by atoms with Crippen LogP contribution in [0.15, 0.2) is 34.4 Å². The van der Waals surface area contributed by atoms with Gasteiger partial charge < -0.3 is 14.6 Å². The van der Waals surface area contributed by atoms with Crippen molar-refractivity contribution in [1.29, 1.82) is 0 Å². The molecule has 6 heteroatoms. The van der Waals surface area contributed by atoms with Gasteiger partial charge in [0.2, 0.25) is 0 Å². The second-order valence-corrected chi connectivity index (χ2v) is 9.51. The summed E-state index contributed by atoms with van der Waals surface area (Å²) in [5, 5.41) is 8.62. The average molecular weight is 505 g/mol. The van der Waals surface area contributed by atoms with Gasteiger partial charge in [-0.15, -0.1) is 0 Å². The Morgan fingerprint density at radius 2 is 1.36 bits per heavy atom. The molecule has 0 aromatic heterocycles. The molecule has 1 aliphatic carbocycles. The summed E-state index contributed by atoms with van der Waals surface area (Å²) >= 11 is 0. The summed E-state index contributed by atoms with van der Waals surface area (Å²) in [6.45, 7) is 4.08. The summed E-state index contributed by atoms with van der Waals surface area (Å²) in [4.78, 5) is 35.3. The topological polar surface area (TPSA) is 89.9 Å². The highest BCUT2D eigenvalue weighted by atomic mass is 16.5. The van der Waals surface area contributed by atoms with Gasteiger partial charge in [0.25, 0.3) is 0 Å². The van der Waals surface area contributed by atoms with Crippen LogP contribution in [-0.2, 0) is 23.9 Å². The van der Waals surface area contributed by atoms with Crippen molar-refractivity contribution in [3.05, 3.63) is 34.4 Å². The molecule has 0 radical (unpaired) electrons. The number of ether oxygens (including phenoxy) is 2. The Bertz CT molecular complexity index is 774. The standard InChI is InChI=1S/C30H48O6/c1-4-25-26(29(33)36-5-2)23-24(28(25)30(34)35-3)21-19-17-15-13-11-9-7-6-8-10-12-14-16-18-20-22-27(31)32/h6,8H,4-5,7,9-23H2,1-3H3,(H,31,32)/b8-6-. The van der Waals surface area contributed by atoms with E-state index in [4.69, 9.17) is 14.6 Å². The number of allylic oxidation sites excluding steroid dienone is 3. The molecular formula is C30H48O6. The zero-order valence-corrected chi connectivity index (χ0v) is 22.9. The Hall–Kier alpha value is -2.37. The summed E-state index contributed by atoms with van der Waals surface area (Å²) in [5.74, 6) is -1.35. The lowest BCUT2D eigenvalue weighted by Gasteiger charge is -2.09. The van der Waals surface area contributed by atoms with Gasteiger partial charge in [-0.1, -0.05) is 69.6 Å². The molecule has 0 saturated carbocycles. The van der Waals surface area contributed by atoms with E-state index in [1.54, 1.807) is 6.92 Å². The third-order valence-corrected chi connectivity index (χ3v) is 6.70. The highest BCUT2D eigenvalue weighted by Gasteiger charge is 2.32. The molecule has 36 heavy (non-hydrogen) atoms. The molecule has 204 valence electrons. The van der Waals surface area contributed by atoms with Gasteiger partial charge in [0.15, 0.2) is 0 Å². The van der Waals surface area contributed by atoms with Gasteiger partial charge in [0.05, 0.1) is 19.3 Å². The fraction of sp³-hybridized carbons (Fsp3) is 0.700. The molecule has 0 heterocycles. The zero-order chi connectivity index (χ0) is 26.6. The molecule has 0 atom stereocenters. The second kappa shape index (κ2) is 19.8. The molecule has 1 N–H and O–H groups in total. The van der Waals surface area contributed by atoms with E-state index in [0.717, 1.165) is 62.5 Å². The molecule has 0 amide bonds. The van der Waals surface area contributed by atoms with Gasteiger partial charge >= 0.3 is 17.9 Å². The van der Waals surface area contributed by atoms with Crippen molar-refractivity contribution in [2.75, 3.05) is 13.7 Å². The number of carbonyl (C=O) groups excluding carboxylic acids is 2. The molecular weight excluding hydrogens is 456 g/mol. The smallest absolute Gasteiger partial charge is 0.338 e. The largest absolute Gasteiger partial charge is 0.481 e. The summed E-state index contributed by atoms with van der Waals surface area (Å²) < 4.78 is 10.2. The predicted octanol–water partition coefficient (Wildman–Crippen LogP) is 7.62. The van der Waals surface area contributed by atoms with Crippen molar-refractivity contribution in [1.82, 2.24) is 0 Å². The Morgan fingerprint density at radius 1 is 0.806 bits per heavy atom. The van der Waals surface area contributed by atoms with E-state index < -0.39 is 5.97 Å².